The second-order valence-corrected chi connectivity index (χ2v) is 7.75. The van der Waals surface area contributed by atoms with Crippen molar-refractivity contribution in [3.63, 3.8) is 0 Å². The summed E-state index contributed by atoms with van der Waals surface area (Å²) in [7, 11) is 0. The Kier molecular flexibility index (Phi) is 4.97. The number of thiocarbonyl (C=S) groups is 1. The number of nitrogens with zero attached hydrogens (tertiary/aromatic N) is 2. The van der Waals surface area contributed by atoms with Crippen LogP contribution in [0.3, 0.4) is 0 Å². The summed E-state index contributed by atoms with van der Waals surface area (Å²) in [6, 6.07) is 10.5. The first-order chi connectivity index (χ1) is 11.9. The Hall–Kier alpha value is -2.11. The Labute approximate surface area is 158 Å². The second-order valence-electron chi connectivity index (χ2n) is 6.08. The molecule has 0 aliphatic carbocycles. The first-order valence-electron chi connectivity index (χ1n) is 8.04. The SMILES string of the molecule is C=CCN1C(=O)C(=Cc2cc(C)n(-c3ccc(C)cc3)c2C)SC1=S. The molecule has 2 aromatic rings. The number of hydrogen-bond acceptors (Lipinski definition) is 3. The van der Waals surface area contributed by atoms with E-state index in [0.717, 1.165) is 22.6 Å². The topological polar surface area (TPSA) is 25.2 Å². The van der Waals surface area contributed by atoms with Gasteiger partial charge in [-0.3, -0.25) is 9.69 Å². The lowest BCUT2D eigenvalue weighted by atomic mass is 10.2. The highest BCUT2D eigenvalue weighted by Crippen LogP contribution is 2.33. The van der Waals surface area contributed by atoms with Crippen LogP contribution in [-0.4, -0.2) is 26.2 Å². The third-order valence-corrected chi connectivity index (χ3v) is 5.61. The predicted octanol–water partition coefficient (Wildman–Crippen LogP) is 4.79. The molecule has 25 heavy (non-hydrogen) atoms. The van der Waals surface area contributed by atoms with E-state index in [1.807, 2.05) is 6.08 Å². The van der Waals surface area contributed by atoms with Crippen molar-refractivity contribution >= 4 is 40.3 Å². The van der Waals surface area contributed by atoms with Gasteiger partial charge in [-0.25, -0.2) is 0 Å². The van der Waals surface area contributed by atoms with E-state index < -0.39 is 0 Å². The van der Waals surface area contributed by atoms with E-state index in [-0.39, 0.29) is 5.91 Å². The number of hydrogen-bond donors (Lipinski definition) is 0. The molecule has 1 aliphatic heterocycles. The average Bonchev–Trinajstić information content (AvgIpc) is 3.00. The summed E-state index contributed by atoms with van der Waals surface area (Å²) in [6.07, 6.45) is 3.63. The van der Waals surface area contributed by atoms with Crippen LogP contribution in [0.2, 0.25) is 0 Å². The fourth-order valence-electron chi connectivity index (χ4n) is 2.95. The summed E-state index contributed by atoms with van der Waals surface area (Å²) in [5, 5.41) is 0. The lowest BCUT2D eigenvalue weighted by Gasteiger charge is -2.10. The van der Waals surface area contributed by atoms with Crippen LogP contribution in [0.25, 0.3) is 11.8 Å². The van der Waals surface area contributed by atoms with Gasteiger partial charge in [0.2, 0.25) is 0 Å². The molecule has 3 nitrogen and oxygen atoms in total. The highest BCUT2D eigenvalue weighted by molar-refractivity contribution is 8.26. The van der Waals surface area contributed by atoms with Gasteiger partial charge in [0.05, 0.1) is 4.91 Å². The molecule has 0 atom stereocenters. The summed E-state index contributed by atoms with van der Waals surface area (Å²) in [6.45, 7) is 10.4. The molecule has 0 saturated carbocycles. The van der Waals surface area contributed by atoms with Crippen molar-refractivity contribution in [2.75, 3.05) is 6.54 Å². The largest absolute Gasteiger partial charge is 0.318 e. The molecule has 1 aromatic heterocycles. The van der Waals surface area contributed by atoms with E-state index in [2.05, 4.69) is 62.2 Å². The van der Waals surface area contributed by atoms with Gasteiger partial charge in [-0.15, -0.1) is 6.58 Å². The molecular weight excluding hydrogens is 348 g/mol. The van der Waals surface area contributed by atoms with E-state index in [1.54, 1.807) is 11.0 Å². The number of thioether (sulfide) groups is 1. The third kappa shape index (κ3) is 3.34. The van der Waals surface area contributed by atoms with Crippen molar-refractivity contribution in [3.8, 4) is 5.69 Å². The van der Waals surface area contributed by atoms with Crippen LogP contribution in [0.15, 0.2) is 47.9 Å². The van der Waals surface area contributed by atoms with E-state index in [9.17, 15) is 4.79 Å². The summed E-state index contributed by atoms with van der Waals surface area (Å²) in [5.74, 6) is -0.0463. The van der Waals surface area contributed by atoms with Gasteiger partial charge >= 0.3 is 0 Å². The molecule has 3 rings (SSSR count). The number of benzene rings is 1. The highest BCUT2D eigenvalue weighted by Gasteiger charge is 2.31. The third-order valence-electron chi connectivity index (χ3n) is 4.23. The molecule has 5 heteroatoms. The van der Waals surface area contributed by atoms with Gasteiger partial charge in [0.25, 0.3) is 5.91 Å². The summed E-state index contributed by atoms with van der Waals surface area (Å²) in [4.78, 5) is 14.8. The number of carbonyl (C=O) groups is 1. The van der Waals surface area contributed by atoms with Gasteiger partial charge in [0, 0.05) is 23.6 Å². The van der Waals surface area contributed by atoms with Crippen molar-refractivity contribution in [1.82, 2.24) is 9.47 Å². The Morgan fingerprint density at radius 3 is 2.52 bits per heavy atom. The normalized spacial score (nSPS) is 16.1. The summed E-state index contributed by atoms with van der Waals surface area (Å²) < 4.78 is 2.79. The van der Waals surface area contributed by atoms with Gasteiger partial charge in [0.15, 0.2) is 0 Å². The number of aryl methyl sites for hydroxylation is 2. The maximum absolute atomic E-state index is 12.5. The minimum absolute atomic E-state index is 0.0463. The number of amides is 1. The molecule has 2 heterocycles. The minimum Gasteiger partial charge on any atom is -0.318 e. The Morgan fingerprint density at radius 1 is 1.20 bits per heavy atom. The summed E-state index contributed by atoms with van der Waals surface area (Å²) in [5.41, 5.74) is 5.64. The Bertz CT molecular complexity index is 891. The standard InChI is InChI=1S/C20H20N2OS2/c1-5-10-21-19(23)18(25-20(21)24)12-16-11-14(3)22(15(16)4)17-8-6-13(2)7-9-17/h5-9,11-12H,1,10H2,2-4H3. The average molecular weight is 369 g/mol. The highest BCUT2D eigenvalue weighted by atomic mass is 32.2. The lowest BCUT2D eigenvalue weighted by Crippen LogP contribution is -2.27. The molecule has 0 unspecified atom stereocenters. The van der Waals surface area contributed by atoms with Crippen molar-refractivity contribution in [2.45, 2.75) is 20.8 Å². The van der Waals surface area contributed by atoms with Crippen molar-refractivity contribution in [1.29, 1.82) is 0 Å². The van der Waals surface area contributed by atoms with Crippen molar-refractivity contribution < 1.29 is 4.79 Å². The molecule has 1 fully saturated rings. The van der Waals surface area contributed by atoms with Gasteiger partial charge in [0.1, 0.15) is 4.32 Å². The van der Waals surface area contributed by atoms with Gasteiger partial charge in [-0.1, -0.05) is 47.8 Å². The Morgan fingerprint density at radius 2 is 1.88 bits per heavy atom. The van der Waals surface area contributed by atoms with Gasteiger partial charge in [-0.2, -0.15) is 0 Å². The van der Waals surface area contributed by atoms with Gasteiger partial charge in [-0.05, 0) is 50.6 Å². The smallest absolute Gasteiger partial charge is 0.266 e. The molecule has 0 bridgehead atoms. The number of carbonyl (C=O) groups excluding carboxylic acids is 1. The molecule has 1 aromatic carbocycles. The van der Waals surface area contributed by atoms with Gasteiger partial charge < -0.3 is 4.57 Å². The van der Waals surface area contributed by atoms with Crippen LogP contribution in [0.4, 0.5) is 0 Å². The molecule has 128 valence electrons. The van der Waals surface area contributed by atoms with Crippen LogP contribution in [0, 0.1) is 20.8 Å². The zero-order chi connectivity index (χ0) is 18.1. The molecule has 0 radical (unpaired) electrons. The minimum atomic E-state index is -0.0463. The number of aromatic nitrogens is 1. The first-order valence-corrected chi connectivity index (χ1v) is 9.27. The van der Waals surface area contributed by atoms with E-state index >= 15 is 0 Å². The zero-order valence-electron chi connectivity index (χ0n) is 14.6. The van der Waals surface area contributed by atoms with E-state index in [4.69, 9.17) is 12.2 Å². The van der Waals surface area contributed by atoms with Crippen molar-refractivity contribution in [2.24, 2.45) is 0 Å². The lowest BCUT2D eigenvalue weighted by molar-refractivity contribution is -0.121. The second kappa shape index (κ2) is 7.02. The molecule has 1 aliphatic rings. The zero-order valence-corrected chi connectivity index (χ0v) is 16.2. The predicted molar refractivity (Wildman–Crippen MR) is 110 cm³/mol. The fraction of sp³-hybridized carbons (Fsp3) is 0.200. The molecule has 0 N–H and O–H groups in total. The van der Waals surface area contributed by atoms with Crippen LogP contribution in [-0.2, 0) is 4.79 Å². The van der Waals surface area contributed by atoms with Crippen LogP contribution in [0.1, 0.15) is 22.5 Å². The van der Waals surface area contributed by atoms with E-state index in [0.29, 0.717) is 15.8 Å². The quantitative estimate of drug-likeness (QED) is 0.441. The Balaban J connectivity index is 1.99. The maximum atomic E-state index is 12.5. The number of rotatable bonds is 4. The van der Waals surface area contributed by atoms with Crippen LogP contribution in [0.5, 0.6) is 0 Å². The monoisotopic (exact) mass is 368 g/mol. The maximum Gasteiger partial charge on any atom is 0.266 e. The van der Waals surface area contributed by atoms with Crippen molar-refractivity contribution in [3.05, 3.63) is 70.4 Å². The van der Waals surface area contributed by atoms with E-state index in [1.165, 1.54) is 17.3 Å². The molecule has 0 spiro atoms. The molecule has 1 amide bonds. The van der Waals surface area contributed by atoms with Crippen LogP contribution >= 0.6 is 24.0 Å². The molecular formula is C20H20N2OS2. The molecule has 1 saturated heterocycles. The van der Waals surface area contributed by atoms with Crippen LogP contribution < -0.4 is 0 Å². The summed E-state index contributed by atoms with van der Waals surface area (Å²) >= 11 is 6.65. The first kappa shape index (κ1) is 17.7. The fourth-order valence-corrected chi connectivity index (χ4v) is 4.22.